The average molecular weight is 354 g/mol. The summed E-state index contributed by atoms with van der Waals surface area (Å²) in [5, 5.41) is 0. The highest BCUT2D eigenvalue weighted by Crippen LogP contribution is 2.18. The predicted octanol–water partition coefficient (Wildman–Crippen LogP) is 5.62. The van der Waals surface area contributed by atoms with Gasteiger partial charge in [-0.15, -0.1) is 0 Å². The Morgan fingerprint density at radius 2 is 1.17 bits per heavy atom. The first-order chi connectivity index (χ1) is 11.6. The molecule has 0 aliphatic carbocycles. The van der Waals surface area contributed by atoms with Crippen molar-refractivity contribution < 1.29 is 8.42 Å². The second-order valence-corrected chi connectivity index (χ2v) is 8.48. The average Bonchev–Trinajstić information content (AvgIpc) is 2.60. The summed E-state index contributed by atoms with van der Waals surface area (Å²) in [6.45, 7) is 5.69. The van der Waals surface area contributed by atoms with Gasteiger partial charge < -0.3 is 0 Å². The molecule has 0 saturated carbocycles. The third-order valence-corrected chi connectivity index (χ3v) is 6.32. The van der Waals surface area contributed by atoms with E-state index in [1.165, 1.54) is 38.5 Å². The van der Waals surface area contributed by atoms with Crippen molar-refractivity contribution in [3.8, 4) is 0 Å². The highest BCUT2D eigenvalue weighted by atomic mass is 32.2. The van der Waals surface area contributed by atoms with Gasteiger partial charge in [-0.2, -0.15) is 4.31 Å². The molecule has 0 N–H and O–H groups in total. The highest BCUT2D eigenvalue weighted by molar-refractivity contribution is 7.89. The van der Waals surface area contributed by atoms with Crippen molar-refractivity contribution in [2.75, 3.05) is 13.1 Å². The Kier molecular flexibility index (Phi) is 11.0. The topological polar surface area (TPSA) is 37.4 Å². The van der Waals surface area contributed by atoms with Crippen molar-refractivity contribution in [3.63, 3.8) is 0 Å². The van der Waals surface area contributed by atoms with Gasteiger partial charge in [0.1, 0.15) is 0 Å². The van der Waals surface area contributed by atoms with E-state index >= 15 is 0 Å². The zero-order chi connectivity index (χ0) is 17.7. The van der Waals surface area contributed by atoms with Crippen LogP contribution in [0.25, 0.3) is 0 Å². The zero-order valence-electron chi connectivity index (χ0n) is 15.5. The molecule has 0 heterocycles. The largest absolute Gasteiger partial charge is 0.243 e. The van der Waals surface area contributed by atoms with Crippen molar-refractivity contribution in [2.24, 2.45) is 0 Å². The van der Waals surface area contributed by atoms with Crippen LogP contribution < -0.4 is 0 Å². The van der Waals surface area contributed by atoms with Crippen molar-refractivity contribution in [1.29, 1.82) is 0 Å². The normalized spacial score (nSPS) is 12.0. The van der Waals surface area contributed by atoms with E-state index in [1.807, 2.05) is 6.07 Å². The fourth-order valence-electron chi connectivity index (χ4n) is 2.88. The van der Waals surface area contributed by atoms with E-state index < -0.39 is 10.0 Å². The van der Waals surface area contributed by atoms with Crippen molar-refractivity contribution >= 4 is 10.0 Å². The smallest absolute Gasteiger partial charge is 0.207 e. The number of nitrogens with zero attached hydrogens (tertiary/aromatic N) is 1. The minimum atomic E-state index is -3.35. The zero-order valence-corrected chi connectivity index (χ0v) is 16.4. The van der Waals surface area contributed by atoms with Crippen molar-refractivity contribution in [2.45, 2.75) is 83.0 Å². The van der Waals surface area contributed by atoms with E-state index in [4.69, 9.17) is 0 Å². The van der Waals surface area contributed by atoms with Crippen LogP contribution in [0, 0.1) is 0 Å². The maximum absolute atomic E-state index is 12.9. The second-order valence-electron chi connectivity index (χ2n) is 6.55. The van der Waals surface area contributed by atoms with E-state index in [2.05, 4.69) is 13.8 Å². The molecule has 0 aliphatic rings. The van der Waals surface area contributed by atoms with Gasteiger partial charge in [0.25, 0.3) is 0 Å². The molecule has 3 nitrogen and oxygen atoms in total. The molecule has 0 unspecified atom stereocenters. The fraction of sp³-hybridized carbons (Fsp3) is 0.700. The summed E-state index contributed by atoms with van der Waals surface area (Å²) in [6.07, 6.45) is 11.5. The quantitative estimate of drug-likeness (QED) is 0.407. The van der Waals surface area contributed by atoms with Gasteiger partial charge >= 0.3 is 0 Å². The number of rotatable bonds is 14. The Morgan fingerprint density at radius 3 is 1.62 bits per heavy atom. The summed E-state index contributed by atoms with van der Waals surface area (Å²) in [5.41, 5.74) is 0. The summed E-state index contributed by atoms with van der Waals surface area (Å²) >= 11 is 0. The van der Waals surface area contributed by atoms with E-state index in [9.17, 15) is 8.42 Å². The van der Waals surface area contributed by atoms with Crippen LogP contribution in [0.1, 0.15) is 78.1 Å². The van der Waals surface area contributed by atoms with Crippen LogP contribution in [-0.4, -0.2) is 25.8 Å². The highest BCUT2D eigenvalue weighted by Gasteiger charge is 2.23. The van der Waals surface area contributed by atoms with Crippen LogP contribution >= 0.6 is 0 Å². The second kappa shape index (κ2) is 12.5. The Morgan fingerprint density at radius 1 is 0.708 bits per heavy atom. The Labute approximate surface area is 149 Å². The molecule has 0 fully saturated rings. The summed E-state index contributed by atoms with van der Waals surface area (Å²) < 4.78 is 27.5. The molecular weight excluding hydrogens is 318 g/mol. The lowest BCUT2D eigenvalue weighted by Gasteiger charge is -2.22. The molecule has 0 radical (unpaired) electrons. The SMILES string of the molecule is CCCCCCCN(CCCCCCC)S(=O)(=O)c1ccccc1. The molecule has 0 aromatic heterocycles. The number of benzene rings is 1. The van der Waals surface area contributed by atoms with Crippen LogP contribution in [-0.2, 0) is 10.0 Å². The van der Waals surface area contributed by atoms with E-state index in [1.54, 1.807) is 28.6 Å². The molecule has 0 spiro atoms. The van der Waals surface area contributed by atoms with Gasteiger partial charge in [-0.3, -0.25) is 0 Å². The van der Waals surface area contributed by atoms with Gasteiger partial charge in [0.15, 0.2) is 0 Å². The summed E-state index contributed by atoms with van der Waals surface area (Å²) in [4.78, 5) is 0.423. The molecule has 138 valence electrons. The molecule has 0 bridgehead atoms. The minimum absolute atomic E-state index is 0.423. The third kappa shape index (κ3) is 7.80. The Balaban J connectivity index is 2.61. The van der Waals surface area contributed by atoms with Crippen LogP contribution in [0.2, 0.25) is 0 Å². The monoisotopic (exact) mass is 353 g/mol. The van der Waals surface area contributed by atoms with Crippen LogP contribution in [0.4, 0.5) is 0 Å². The summed E-state index contributed by atoms with van der Waals surface area (Å²) in [5.74, 6) is 0. The summed E-state index contributed by atoms with van der Waals surface area (Å²) in [6, 6.07) is 8.87. The minimum Gasteiger partial charge on any atom is -0.207 e. The number of hydrogen-bond acceptors (Lipinski definition) is 2. The standard InChI is InChI=1S/C20H35NO2S/c1-3-5-7-9-14-18-21(19-15-10-8-6-4-2)24(22,23)20-16-12-11-13-17-20/h11-13,16-17H,3-10,14-15,18-19H2,1-2H3. The Hall–Kier alpha value is -0.870. The molecule has 1 rings (SSSR count). The van der Waals surface area contributed by atoms with Crippen molar-refractivity contribution in [3.05, 3.63) is 30.3 Å². The van der Waals surface area contributed by atoms with E-state index in [0.717, 1.165) is 25.7 Å². The molecule has 24 heavy (non-hydrogen) atoms. The third-order valence-electron chi connectivity index (χ3n) is 4.40. The fourth-order valence-corrected chi connectivity index (χ4v) is 4.42. The molecule has 1 aromatic carbocycles. The number of hydrogen-bond donors (Lipinski definition) is 0. The van der Waals surface area contributed by atoms with Crippen LogP contribution in [0.3, 0.4) is 0 Å². The first kappa shape index (κ1) is 21.2. The molecule has 0 amide bonds. The molecular formula is C20H35NO2S. The molecule has 1 aromatic rings. The van der Waals surface area contributed by atoms with Crippen molar-refractivity contribution in [1.82, 2.24) is 4.31 Å². The summed E-state index contributed by atoms with van der Waals surface area (Å²) in [7, 11) is -3.35. The first-order valence-corrected chi connectivity index (χ1v) is 11.1. The van der Waals surface area contributed by atoms with Crippen LogP contribution in [0.15, 0.2) is 35.2 Å². The lowest BCUT2D eigenvalue weighted by Crippen LogP contribution is -2.33. The van der Waals surface area contributed by atoms with Gasteiger partial charge in [-0.1, -0.05) is 83.4 Å². The molecule has 0 aliphatic heterocycles. The van der Waals surface area contributed by atoms with Gasteiger partial charge in [0.05, 0.1) is 4.90 Å². The van der Waals surface area contributed by atoms with Gasteiger partial charge in [0.2, 0.25) is 10.0 Å². The van der Waals surface area contributed by atoms with E-state index in [0.29, 0.717) is 18.0 Å². The maximum Gasteiger partial charge on any atom is 0.243 e. The molecule has 0 saturated heterocycles. The first-order valence-electron chi connectivity index (χ1n) is 9.68. The number of sulfonamides is 1. The van der Waals surface area contributed by atoms with Gasteiger partial charge in [-0.25, -0.2) is 8.42 Å². The molecule has 0 atom stereocenters. The number of unbranched alkanes of at least 4 members (excludes halogenated alkanes) is 8. The Bertz CT molecular complexity index is 500. The lowest BCUT2D eigenvalue weighted by atomic mass is 10.1. The van der Waals surface area contributed by atoms with Gasteiger partial charge in [-0.05, 0) is 25.0 Å². The maximum atomic E-state index is 12.9. The van der Waals surface area contributed by atoms with E-state index in [-0.39, 0.29) is 0 Å². The predicted molar refractivity (Wildman–Crippen MR) is 103 cm³/mol. The van der Waals surface area contributed by atoms with Gasteiger partial charge in [0, 0.05) is 13.1 Å². The van der Waals surface area contributed by atoms with Crippen LogP contribution in [0.5, 0.6) is 0 Å². The lowest BCUT2D eigenvalue weighted by molar-refractivity contribution is 0.384. The molecule has 4 heteroatoms.